The Labute approximate surface area is 169 Å². The topological polar surface area (TPSA) is 67.8 Å². The van der Waals surface area contributed by atoms with Gasteiger partial charge < -0.3 is 4.74 Å². The van der Waals surface area contributed by atoms with E-state index in [1.165, 1.54) is 17.2 Å². The molecule has 0 aliphatic heterocycles. The van der Waals surface area contributed by atoms with Gasteiger partial charge in [0, 0.05) is 12.3 Å². The fourth-order valence-corrected chi connectivity index (χ4v) is 3.81. The number of hydrogen-bond acceptors (Lipinski definition) is 4. The van der Waals surface area contributed by atoms with Gasteiger partial charge in [-0.05, 0) is 27.8 Å². The Morgan fingerprint density at radius 3 is 2.14 bits per heavy atom. The van der Waals surface area contributed by atoms with Crippen molar-refractivity contribution in [2.75, 3.05) is 6.61 Å². The van der Waals surface area contributed by atoms with Crippen LogP contribution >= 0.6 is 0 Å². The molecule has 144 valence electrons. The van der Waals surface area contributed by atoms with Crippen LogP contribution in [0.2, 0.25) is 0 Å². The lowest BCUT2D eigenvalue weighted by molar-refractivity contribution is 0.139. The smallest absolute Gasteiger partial charge is 0.408 e. The van der Waals surface area contributed by atoms with Gasteiger partial charge in [-0.3, -0.25) is 5.32 Å². The van der Waals surface area contributed by atoms with Gasteiger partial charge in [-0.15, -0.1) is 0 Å². The second-order valence-electron chi connectivity index (χ2n) is 6.90. The number of fused-ring (bicyclic) bond motifs is 3. The van der Waals surface area contributed by atoms with Gasteiger partial charge in [0.05, 0.1) is 0 Å². The Morgan fingerprint density at radius 2 is 1.52 bits per heavy atom. The predicted molar refractivity (Wildman–Crippen MR) is 110 cm³/mol. The maximum atomic E-state index is 12.4. The average Bonchev–Trinajstić information content (AvgIpc) is 3.07. The summed E-state index contributed by atoms with van der Waals surface area (Å²) in [5, 5.41) is 2.65. The molecule has 0 radical (unpaired) electrons. The molecule has 0 fully saturated rings. The van der Waals surface area contributed by atoms with E-state index in [-0.39, 0.29) is 12.5 Å². The zero-order valence-electron chi connectivity index (χ0n) is 15.7. The molecule has 3 aromatic rings. The van der Waals surface area contributed by atoms with Crippen molar-refractivity contribution in [2.24, 2.45) is 4.99 Å². The van der Waals surface area contributed by atoms with Gasteiger partial charge in [0.1, 0.15) is 12.8 Å². The minimum atomic E-state index is -0.717. The number of amides is 1. The summed E-state index contributed by atoms with van der Waals surface area (Å²) in [6, 6.07) is 25.8. The first-order valence-corrected chi connectivity index (χ1v) is 9.48. The Bertz CT molecular complexity index is 1010. The molecule has 0 unspecified atom stereocenters. The summed E-state index contributed by atoms with van der Waals surface area (Å²) in [6.07, 6.45) is 0.589. The van der Waals surface area contributed by atoms with Crippen molar-refractivity contribution in [3.63, 3.8) is 0 Å². The highest BCUT2D eigenvalue weighted by atomic mass is 16.5. The number of nitrogens with one attached hydrogen (secondary N) is 1. The van der Waals surface area contributed by atoms with Crippen LogP contribution in [0.5, 0.6) is 0 Å². The fourth-order valence-electron chi connectivity index (χ4n) is 3.81. The molecule has 1 amide bonds. The van der Waals surface area contributed by atoms with E-state index in [1.807, 2.05) is 54.6 Å². The number of isocyanates is 1. The Kier molecular flexibility index (Phi) is 5.50. The van der Waals surface area contributed by atoms with Crippen molar-refractivity contribution >= 4 is 12.2 Å². The molecule has 0 saturated heterocycles. The van der Waals surface area contributed by atoms with Crippen molar-refractivity contribution in [1.29, 1.82) is 0 Å². The molecule has 0 spiro atoms. The third-order valence-electron chi connectivity index (χ3n) is 5.11. The number of alkyl carbamates (subject to hydrolysis) is 1. The van der Waals surface area contributed by atoms with Gasteiger partial charge in [-0.1, -0.05) is 78.9 Å². The van der Waals surface area contributed by atoms with E-state index in [4.69, 9.17) is 4.74 Å². The highest BCUT2D eigenvalue weighted by Gasteiger charge is 2.29. The van der Waals surface area contributed by atoms with Crippen LogP contribution in [0.25, 0.3) is 11.1 Å². The van der Waals surface area contributed by atoms with Crippen molar-refractivity contribution in [3.05, 3.63) is 95.6 Å². The molecular weight excluding hydrogens is 364 g/mol. The monoisotopic (exact) mass is 384 g/mol. The van der Waals surface area contributed by atoms with Crippen LogP contribution in [0.3, 0.4) is 0 Å². The van der Waals surface area contributed by atoms with E-state index in [0.717, 1.165) is 16.7 Å². The molecular formula is C24H20N2O3. The summed E-state index contributed by atoms with van der Waals surface area (Å²) >= 11 is 0. The van der Waals surface area contributed by atoms with Crippen LogP contribution in [0.15, 0.2) is 83.9 Å². The largest absolute Gasteiger partial charge is 0.449 e. The highest BCUT2D eigenvalue weighted by molar-refractivity contribution is 5.79. The number of ether oxygens (including phenoxy) is 1. The third kappa shape index (κ3) is 4.10. The first-order valence-electron chi connectivity index (χ1n) is 9.48. The Hall–Kier alpha value is -3.69. The molecule has 4 rings (SSSR count). The molecule has 3 aromatic carbocycles. The molecule has 5 nitrogen and oxygen atoms in total. The van der Waals surface area contributed by atoms with Gasteiger partial charge >= 0.3 is 6.09 Å². The number of carbonyl (C=O) groups is 1. The van der Waals surface area contributed by atoms with Crippen molar-refractivity contribution in [3.8, 4) is 11.1 Å². The summed E-state index contributed by atoms with van der Waals surface area (Å²) in [5.41, 5.74) is 5.59. The van der Waals surface area contributed by atoms with E-state index in [2.05, 4.69) is 34.6 Å². The fraction of sp³-hybridized carbons (Fsp3) is 0.167. The first kappa shape index (κ1) is 18.7. The van der Waals surface area contributed by atoms with Crippen LogP contribution in [0.4, 0.5) is 4.79 Å². The highest BCUT2D eigenvalue weighted by Crippen LogP contribution is 2.44. The maximum Gasteiger partial charge on any atom is 0.408 e. The lowest BCUT2D eigenvalue weighted by Crippen LogP contribution is -2.36. The van der Waals surface area contributed by atoms with E-state index >= 15 is 0 Å². The van der Waals surface area contributed by atoms with Gasteiger partial charge in [0.2, 0.25) is 6.08 Å². The van der Waals surface area contributed by atoms with Crippen LogP contribution in [0.1, 0.15) is 22.6 Å². The quantitative estimate of drug-likeness (QED) is 0.505. The zero-order chi connectivity index (χ0) is 20.1. The molecule has 1 aliphatic carbocycles. The second kappa shape index (κ2) is 8.55. The summed E-state index contributed by atoms with van der Waals surface area (Å²) in [5.74, 6) is -0.0182. The third-order valence-corrected chi connectivity index (χ3v) is 5.11. The maximum absolute atomic E-state index is 12.4. The number of rotatable bonds is 6. The Morgan fingerprint density at radius 1 is 0.931 bits per heavy atom. The minimum absolute atomic E-state index is 0.0182. The molecule has 0 bridgehead atoms. The molecule has 1 atom stereocenters. The van der Waals surface area contributed by atoms with Crippen LogP contribution < -0.4 is 5.32 Å². The molecule has 1 N–H and O–H groups in total. The van der Waals surface area contributed by atoms with Crippen molar-refractivity contribution < 1.29 is 14.3 Å². The minimum Gasteiger partial charge on any atom is -0.449 e. The average molecular weight is 384 g/mol. The summed E-state index contributed by atoms with van der Waals surface area (Å²) in [4.78, 5) is 26.8. The number of nitrogens with zero attached hydrogens (tertiary/aromatic N) is 1. The van der Waals surface area contributed by atoms with Crippen LogP contribution in [-0.4, -0.2) is 24.9 Å². The number of benzene rings is 3. The first-order chi connectivity index (χ1) is 14.3. The number of aliphatic imine (C=N–C) groups is 1. The van der Waals surface area contributed by atoms with Gasteiger partial charge in [0.15, 0.2) is 0 Å². The number of hydrogen-bond donors (Lipinski definition) is 1. The lowest BCUT2D eigenvalue weighted by atomic mass is 9.98. The van der Waals surface area contributed by atoms with Crippen molar-refractivity contribution in [2.45, 2.75) is 18.5 Å². The van der Waals surface area contributed by atoms with Gasteiger partial charge in [-0.2, -0.15) is 4.99 Å². The summed E-state index contributed by atoms with van der Waals surface area (Å²) in [6.45, 7) is 0.211. The van der Waals surface area contributed by atoms with E-state index in [1.54, 1.807) is 0 Å². The summed E-state index contributed by atoms with van der Waals surface area (Å²) in [7, 11) is 0. The van der Waals surface area contributed by atoms with Crippen molar-refractivity contribution in [1.82, 2.24) is 5.32 Å². The lowest BCUT2D eigenvalue weighted by Gasteiger charge is -2.17. The zero-order valence-corrected chi connectivity index (χ0v) is 15.7. The molecule has 29 heavy (non-hydrogen) atoms. The van der Waals surface area contributed by atoms with Crippen LogP contribution in [0, 0.1) is 0 Å². The number of carbonyl (C=O) groups excluding carboxylic acids is 2. The standard InChI is InChI=1S/C24H20N2O3/c27-16-25-23(14-17-8-2-1-3-9-17)26-24(28)29-15-22-20-12-6-4-10-18(20)19-11-5-7-13-21(19)22/h1-13,22-23H,14-15H2,(H,26,28)/t23-/m0/s1. The summed E-state index contributed by atoms with van der Waals surface area (Å²) < 4.78 is 5.51. The van der Waals surface area contributed by atoms with Gasteiger partial charge in [0.25, 0.3) is 0 Å². The SMILES string of the molecule is O=C=N[C@H](Cc1ccccc1)NC(=O)OCC1c2ccccc2-c2ccccc21. The molecule has 1 aliphatic rings. The molecule has 0 heterocycles. The van der Waals surface area contributed by atoms with Gasteiger partial charge in [-0.25, -0.2) is 9.59 Å². The van der Waals surface area contributed by atoms with E-state index in [9.17, 15) is 9.59 Å². The van der Waals surface area contributed by atoms with Crippen LogP contribution in [-0.2, 0) is 16.0 Å². The molecule has 0 saturated carbocycles. The predicted octanol–water partition coefficient (Wildman–Crippen LogP) is 4.43. The normalized spacial score (nSPS) is 13.0. The van der Waals surface area contributed by atoms with E-state index < -0.39 is 12.3 Å². The molecule has 5 heteroatoms. The van der Waals surface area contributed by atoms with E-state index in [0.29, 0.717) is 6.42 Å². The second-order valence-corrected chi connectivity index (χ2v) is 6.90. The Balaban J connectivity index is 1.43. The molecule has 0 aromatic heterocycles.